The van der Waals surface area contributed by atoms with Crippen LogP contribution in [-0.4, -0.2) is 22.7 Å². The fourth-order valence-electron chi connectivity index (χ4n) is 2.34. The Bertz CT molecular complexity index is 851. The Labute approximate surface area is 150 Å². The number of carbonyl (C=O) groups is 2. The van der Waals surface area contributed by atoms with Crippen molar-refractivity contribution in [1.29, 1.82) is 0 Å². The van der Waals surface area contributed by atoms with Crippen LogP contribution in [0.1, 0.15) is 11.1 Å². The second-order valence-electron chi connectivity index (χ2n) is 5.32. The third-order valence-corrected chi connectivity index (χ3v) is 4.46. The average Bonchev–Trinajstić information content (AvgIpc) is 2.89. The van der Waals surface area contributed by atoms with Gasteiger partial charge in [-0.3, -0.25) is 14.5 Å². The van der Waals surface area contributed by atoms with Gasteiger partial charge in [0.2, 0.25) is 0 Å². The molecule has 5 heteroatoms. The fraction of sp³-hybridized carbons (Fsp3) is 0.100. The predicted octanol–water partition coefficient (Wildman–Crippen LogP) is 3.94. The summed E-state index contributed by atoms with van der Waals surface area (Å²) in [5.41, 5.74) is 1.74. The van der Waals surface area contributed by atoms with Gasteiger partial charge in [-0.1, -0.05) is 48.4 Å². The molecule has 2 amide bonds. The summed E-state index contributed by atoms with van der Waals surface area (Å²) in [5, 5.41) is -0.255. The predicted molar refractivity (Wildman–Crippen MR) is 98.7 cm³/mol. The smallest absolute Gasteiger partial charge is 0.293 e. The number of nitrogens with zero attached hydrogens (tertiary/aromatic N) is 1. The highest BCUT2D eigenvalue weighted by Crippen LogP contribution is 2.33. The molecule has 1 aliphatic heterocycles. The highest BCUT2D eigenvalue weighted by atomic mass is 32.2. The van der Waals surface area contributed by atoms with Crippen LogP contribution in [0.25, 0.3) is 6.08 Å². The van der Waals surface area contributed by atoms with E-state index in [0.717, 1.165) is 22.9 Å². The Morgan fingerprint density at radius 2 is 1.80 bits per heavy atom. The molecule has 0 bridgehead atoms. The summed E-state index contributed by atoms with van der Waals surface area (Å²) in [6.45, 7) is 0.486. The molecule has 1 fully saturated rings. The number of carbonyl (C=O) groups excluding carboxylic acids is 2. The minimum atomic E-state index is -0.272. The average molecular weight is 349 g/mol. The zero-order chi connectivity index (χ0) is 17.6. The van der Waals surface area contributed by atoms with Crippen molar-refractivity contribution >= 4 is 29.0 Å². The Hall–Kier alpha value is -2.97. The maximum Gasteiger partial charge on any atom is 0.293 e. The van der Waals surface area contributed by atoms with Crippen molar-refractivity contribution in [3.8, 4) is 18.1 Å². The Balaban J connectivity index is 1.73. The first kappa shape index (κ1) is 16.9. The van der Waals surface area contributed by atoms with Crippen molar-refractivity contribution < 1.29 is 14.3 Å². The molecule has 3 rings (SSSR count). The van der Waals surface area contributed by atoms with Gasteiger partial charge in [0.05, 0.1) is 11.4 Å². The van der Waals surface area contributed by atoms with E-state index in [1.54, 1.807) is 18.2 Å². The van der Waals surface area contributed by atoms with Crippen LogP contribution >= 0.6 is 11.8 Å². The van der Waals surface area contributed by atoms with Gasteiger partial charge < -0.3 is 4.74 Å². The molecule has 0 saturated carbocycles. The normalized spacial score (nSPS) is 15.5. The van der Waals surface area contributed by atoms with Crippen LogP contribution in [0.5, 0.6) is 5.75 Å². The molecular weight excluding hydrogens is 334 g/mol. The van der Waals surface area contributed by atoms with Gasteiger partial charge in [-0.15, -0.1) is 6.42 Å². The zero-order valence-electron chi connectivity index (χ0n) is 13.3. The molecule has 0 atom stereocenters. The second-order valence-corrected chi connectivity index (χ2v) is 6.31. The highest BCUT2D eigenvalue weighted by Gasteiger charge is 2.34. The van der Waals surface area contributed by atoms with Gasteiger partial charge in [0, 0.05) is 0 Å². The Morgan fingerprint density at radius 3 is 2.48 bits per heavy atom. The number of terminal acetylenes is 1. The monoisotopic (exact) mass is 349 g/mol. The minimum Gasteiger partial charge on any atom is -0.481 e. The van der Waals surface area contributed by atoms with Crippen molar-refractivity contribution in [2.75, 3.05) is 6.61 Å². The molecule has 2 aromatic carbocycles. The van der Waals surface area contributed by atoms with Crippen molar-refractivity contribution in [3.05, 3.63) is 70.6 Å². The summed E-state index contributed by atoms with van der Waals surface area (Å²) in [4.78, 5) is 26.3. The van der Waals surface area contributed by atoms with Crippen LogP contribution in [0.4, 0.5) is 4.79 Å². The first-order valence-electron chi connectivity index (χ1n) is 7.63. The van der Waals surface area contributed by atoms with Crippen LogP contribution in [0.2, 0.25) is 0 Å². The first-order chi connectivity index (χ1) is 12.2. The van der Waals surface area contributed by atoms with Crippen LogP contribution in [-0.2, 0) is 11.3 Å². The number of hydrogen-bond donors (Lipinski definition) is 0. The third-order valence-electron chi connectivity index (χ3n) is 3.56. The van der Waals surface area contributed by atoms with Crippen molar-refractivity contribution in [2.45, 2.75) is 6.54 Å². The van der Waals surface area contributed by atoms with Gasteiger partial charge >= 0.3 is 0 Å². The highest BCUT2D eigenvalue weighted by molar-refractivity contribution is 8.18. The van der Waals surface area contributed by atoms with E-state index < -0.39 is 0 Å². The van der Waals surface area contributed by atoms with Gasteiger partial charge in [0.25, 0.3) is 11.1 Å². The standard InChI is InChI=1S/C20H15NO3S/c1-2-12-24-17-10-8-15(9-11-17)13-18-19(22)21(20(23)25-18)14-16-6-4-3-5-7-16/h1,3-11,13H,12,14H2/b18-13+. The summed E-state index contributed by atoms with van der Waals surface area (Å²) < 4.78 is 5.31. The van der Waals surface area contributed by atoms with E-state index in [2.05, 4.69) is 5.92 Å². The third kappa shape index (κ3) is 4.11. The topological polar surface area (TPSA) is 46.6 Å². The largest absolute Gasteiger partial charge is 0.481 e. The molecule has 2 aromatic rings. The maximum absolute atomic E-state index is 12.5. The van der Waals surface area contributed by atoms with Crippen molar-refractivity contribution in [1.82, 2.24) is 4.90 Å². The van der Waals surface area contributed by atoms with Crippen molar-refractivity contribution in [2.24, 2.45) is 0 Å². The zero-order valence-corrected chi connectivity index (χ0v) is 14.2. The van der Waals surface area contributed by atoms with Gasteiger partial charge in [0.15, 0.2) is 0 Å². The van der Waals surface area contributed by atoms with Crippen LogP contribution < -0.4 is 4.74 Å². The number of imide groups is 1. The molecule has 1 heterocycles. The summed E-state index contributed by atoms with van der Waals surface area (Å²) in [5.74, 6) is 2.79. The molecule has 124 valence electrons. The molecule has 4 nitrogen and oxygen atoms in total. The number of thioether (sulfide) groups is 1. The van der Waals surface area contributed by atoms with E-state index in [9.17, 15) is 9.59 Å². The molecular formula is C20H15NO3S. The molecule has 0 aliphatic carbocycles. The van der Waals surface area contributed by atoms with E-state index in [4.69, 9.17) is 11.2 Å². The Kier molecular flexibility index (Phi) is 5.22. The lowest BCUT2D eigenvalue weighted by Crippen LogP contribution is -2.27. The Morgan fingerprint density at radius 1 is 1.08 bits per heavy atom. The molecule has 0 spiro atoms. The minimum absolute atomic E-state index is 0.206. The van der Waals surface area contributed by atoms with E-state index >= 15 is 0 Å². The number of amides is 2. The molecule has 0 radical (unpaired) electrons. The van der Waals surface area contributed by atoms with Gasteiger partial charge in [0.1, 0.15) is 12.4 Å². The van der Waals surface area contributed by atoms with Crippen LogP contribution in [0.15, 0.2) is 59.5 Å². The molecule has 25 heavy (non-hydrogen) atoms. The van der Waals surface area contributed by atoms with E-state index in [1.165, 1.54) is 4.90 Å². The summed E-state index contributed by atoms with van der Waals surface area (Å²) in [7, 11) is 0. The fourth-order valence-corrected chi connectivity index (χ4v) is 3.18. The van der Waals surface area contributed by atoms with Crippen molar-refractivity contribution in [3.63, 3.8) is 0 Å². The molecule has 0 N–H and O–H groups in total. The van der Waals surface area contributed by atoms with Gasteiger partial charge in [-0.2, -0.15) is 0 Å². The maximum atomic E-state index is 12.5. The van der Waals surface area contributed by atoms with E-state index in [0.29, 0.717) is 10.7 Å². The SMILES string of the molecule is C#CCOc1ccc(/C=C2/SC(=O)N(Cc3ccccc3)C2=O)cc1. The number of rotatable bonds is 5. The molecule has 0 unspecified atom stereocenters. The van der Waals surface area contributed by atoms with E-state index in [1.807, 2.05) is 42.5 Å². The number of hydrogen-bond acceptors (Lipinski definition) is 4. The lowest BCUT2D eigenvalue weighted by atomic mass is 10.2. The van der Waals surface area contributed by atoms with Gasteiger partial charge in [-0.25, -0.2) is 0 Å². The lowest BCUT2D eigenvalue weighted by molar-refractivity contribution is -0.123. The first-order valence-corrected chi connectivity index (χ1v) is 8.44. The van der Waals surface area contributed by atoms with Gasteiger partial charge in [-0.05, 0) is 41.1 Å². The summed E-state index contributed by atoms with van der Waals surface area (Å²) in [6, 6.07) is 16.6. The van der Waals surface area contributed by atoms with Crippen LogP contribution in [0.3, 0.4) is 0 Å². The summed E-state index contributed by atoms with van der Waals surface area (Å²) in [6.07, 6.45) is 6.86. The number of ether oxygens (including phenoxy) is 1. The lowest BCUT2D eigenvalue weighted by Gasteiger charge is -2.12. The quantitative estimate of drug-likeness (QED) is 0.606. The summed E-state index contributed by atoms with van der Waals surface area (Å²) >= 11 is 0.955. The molecule has 0 aromatic heterocycles. The molecule has 1 aliphatic rings. The second kappa shape index (κ2) is 7.73. The molecule has 1 saturated heterocycles. The van der Waals surface area contributed by atoms with Crippen LogP contribution in [0, 0.1) is 12.3 Å². The van der Waals surface area contributed by atoms with E-state index in [-0.39, 0.29) is 24.3 Å². The number of benzene rings is 2.